The van der Waals surface area contributed by atoms with Gasteiger partial charge < -0.3 is 19.8 Å². The largest absolute Gasteiger partial charge is 0.486 e. The maximum Gasteiger partial charge on any atom is 0.328 e. The van der Waals surface area contributed by atoms with Gasteiger partial charge in [0, 0.05) is 18.8 Å². The summed E-state index contributed by atoms with van der Waals surface area (Å²) in [5, 5.41) is 2.84. The molecule has 3 rings (SSSR count). The van der Waals surface area contributed by atoms with Crippen molar-refractivity contribution in [3.8, 4) is 11.5 Å². The van der Waals surface area contributed by atoms with Gasteiger partial charge in [0.1, 0.15) is 13.2 Å². The zero-order chi connectivity index (χ0) is 18.0. The molecule has 1 aliphatic heterocycles. The van der Waals surface area contributed by atoms with Crippen molar-refractivity contribution in [2.24, 2.45) is 7.05 Å². The van der Waals surface area contributed by atoms with Crippen LogP contribution >= 0.6 is 0 Å². The second-order valence-electron chi connectivity index (χ2n) is 5.85. The minimum absolute atomic E-state index is 0.113. The maximum absolute atomic E-state index is 12.2. The van der Waals surface area contributed by atoms with E-state index < -0.39 is 11.2 Å². The molecule has 8 nitrogen and oxygen atoms in total. The third-order valence-electron chi connectivity index (χ3n) is 4.05. The first-order valence-corrected chi connectivity index (χ1v) is 7.92. The summed E-state index contributed by atoms with van der Waals surface area (Å²) in [6.07, 6.45) is 1.16. The normalized spacial score (nSPS) is 14.0. The van der Waals surface area contributed by atoms with E-state index in [0.717, 1.165) is 10.1 Å². The summed E-state index contributed by atoms with van der Waals surface area (Å²) in [4.78, 5) is 38.0. The average Bonchev–Trinajstić information content (AvgIpc) is 2.61. The summed E-state index contributed by atoms with van der Waals surface area (Å²) in [7, 11) is 1.36. The fraction of sp³-hybridized carbons (Fsp3) is 0.353. The molecule has 1 aromatic carbocycles. The van der Waals surface area contributed by atoms with Crippen molar-refractivity contribution in [3.63, 3.8) is 0 Å². The lowest BCUT2D eigenvalue weighted by Crippen LogP contribution is -2.37. The van der Waals surface area contributed by atoms with E-state index in [0.29, 0.717) is 24.7 Å². The summed E-state index contributed by atoms with van der Waals surface area (Å²) in [6.45, 7) is 2.85. The van der Waals surface area contributed by atoms with Crippen LogP contribution in [0.3, 0.4) is 0 Å². The Morgan fingerprint density at radius 2 is 2.00 bits per heavy atom. The van der Waals surface area contributed by atoms with E-state index in [-0.39, 0.29) is 23.9 Å². The van der Waals surface area contributed by atoms with Gasteiger partial charge in [-0.2, -0.15) is 0 Å². The van der Waals surface area contributed by atoms with Crippen molar-refractivity contribution in [2.45, 2.75) is 19.4 Å². The molecule has 8 heteroatoms. The number of carbonyl (C=O) groups excluding carboxylic acids is 1. The van der Waals surface area contributed by atoms with Gasteiger partial charge in [0.15, 0.2) is 11.5 Å². The molecule has 1 unspecified atom stereocenters. The molecule has 25 heavy (non-hydrogen) atoms. The third kappa shape index (κ3) is 3.57. The molecule has 1 aromatic heterocycles. The fourth-order valence-corrected chi connectivity index (χ4v) is 2.62. The number of ether oxygens (including phenoxy) is 2. The number of H-pyrrole nitrogens is 1. The molecular weight excluding hydrogens is 326 g/mol. The number of fused-ring (bicyclic) bond motifs is 1. The van der Waals surface area contributed by atoms with Gasteiger partial charge in [0.2, 0.25) is 5.91 Å². The van der Waals surface area contributed by atoms with Crippen molar-refractivity contribution >= 4 is 5.91 Å². The Kier molecular flexibility index (Phi) is 4.60. The molecule has 0 saturated carbocycles. The Bertz CT molecular complexity index is 915. The molecule has 0 fully saturated rings. The number of nitrogens with zero attached hydrogens (tertiary/aromatic N) is 1. The topological polar surface area (TPSA) is 102 Å². The van der Waals surface area contributed by atoms with Gasteiger partial charge in [0.05, 0.1) is 12.5 Å². The zero-order valence-corrected chi connectivity index (χ0v) is 14.0. The predicted octanol–water partition coefficient (Wildman–Crippen LogP) is 0.265. The number of carbonyl (C=O) groups is 1. The van der Waals surface area contributed by atoms with E-state index in [2.05, 4.69) is 10.3 Å². The highest BCUT2D eigenvalue weighted by molar-refractivity contribution is 5.78. The minimum Gasteiger partial charge on any atom is -0.486 e. The third-order valence-corrected chi connectivity index (χ3v) is 4.05. The predicted molar refractivity (Wildman–Crippen MR) is 90.0 cm³/mol. The summed E-state index contributed by atoms with van der Waals surface area (Å²) < 4.78 is 12.0. The molecule has 2 heterocycles. The summed E-state index contributed by atoms with van der Waals surface area (Å²) in [5.74, 6) is 1.02. The van der Waals surface area contributed by atoms with E-state index in [1.54, 1.807) is 0 Å². The number of nitrogens with one attached hydrogen (secondary N) is 2. The Morgan fingerprint density at radius 3 is 2.76 bits per heavy atom. The van der Waals surface area contributed by atoms with Crippen LogP contribution in [-0.2, 0) is 18.3 Å². The monoisotopic (exact) mass is 345 g/mol. The lowest BCUT2D eigenvalue weighted by atomic mass is 10.1. The van der Waals surface area contributed by atoms with Crippen LogP contribution in [0.4, 0.5) is 0 Å². The van der Waals surface area contributed by atoms with Gasteiger partial charge in [-0.1, -0.05) is 6.07 Å². The highest BCUT2D eigenvalue weighted by atomic mass is 16.6. The van der Waals surface area contributed by atoms with Gasteiger partial charge in [-0.15, -0.1) is 0 Å². The highest BCUT2D eigenvalue weighted by Gasteiger charge is 2.17. The first-order valence-electron chi connectivity index (χ1n) is 7.92. The standard InChI is InChI=1S/C17H19N3O5/c1-10(11-3-4-13-14(7-11)25-6-5-24-13)19-15(21)8-12-9-18-17(23)20(2)16(12)22/h3-4,7,9-10H,5-6,8H2,1-2H3,(H,18,23)(H,19,21). The van der Waals surface area contributed by atoms with E-state index in [9.17, 15) is 14.4 Å². The number of rotatable bonds is 4. The van der Waals surface area contributed by atoms with Crippen LogP contribution in [0.25, 0.3) is 0 Å². The number of aromatic nitrogens is 2. The van der Waals surface area contributed by atoms with Crippen LogP contribution in [0.1, 0.15) is 24.1 Å². The fourth-order valence-electron chi connectivity index (χ4n) is 2.62. The molecule has 0 saturated heterocycles. The second kappa shape index (κ2) is 6.84. The molecule has 1 aliphatic rings. The molecule has 132 valence electrons. The van der Waals surface area contributed by atoms with Crippen molar-refractivity contribution < 1.29 is 14.3 Å². The summed E-state index contributed by atoms with van der Waals surface area (Å²) in [6, 6.07) is 5.23. The number of hydrogen-bond acceptors (Lipinski definition) is 5. The van der Waals surface area contributed by atoms with Crippen molar-refractivity contribution in [1.29, 1.82) is 0 Å². The Balaban J connectivity index is 1.70. The van der Waals surface area contributed by atoms with Crippen molar-refractivity contribution in [1.82, 2.24) is 14.9 Å². The quantitative estimate of drug-likeness (QED) is 0.828. The first kappa shape index (κ1) is 16.8. The number of hydrogen-bond donors (Lipinski definition) is 2. The van der Waals surface area contributed by atoms with Crippen LogP contribution in [0.15, 0.2) is 34.0 Å². The molecule has 0 aliphatic carbocycles. The first-order chi connectivity index (χ1) is 12.0. The van der Waals surface area contributed by atoms with E-state index in [1.807, 2.05) is 25.1 Å². The Labute approximate surface area is 143 Å². The van der Waals surface area contributed by atoms with Gasteiger partial charge in [0.25, 0.3) is 5.56 Å². The summed E-state index contributed by atoms with van der Waals surface area (Å²) >= 11 is 0. The molecule has 1 atom stereocenters. The van der Waals surface area contributed by atoms with Crippen LogP contribution in [0, 0.1) is 0 Å². The van der Waals surface area contributed by atoms with Crippen LogP contribution in [0.2, 0.25) is 0 Å². The van der Waals surface area contributed by atoms with Crippen LogP contribution in [0.5, 0.6) is 11.5 Å². The SMILES string of the molecule is CC(NC(=O)Cc1c[nH]c(=O)n(C)c1=O)c1ccc2c(c1)OCCO2. The smallest absolute Gasteiger partial charge is 0.328 e. The highest BCUT2D eigenvalue weighted by Crippen LogP contribution is 2.32. The molecule has 1 amide bonds. The van der Waals surface area contributed by atoms with Gasteiger partial charge in [-0.3, -0.25) is 14.2 Å². The van der Waals surface area contributed by atoms with Crippen LogP contribution in [-0.4, -0.2) is 28.7 Å². The van der Waals surface area contributed by atoms with Gasteiger partial charge in [-0.25, -0.2) is 4.79 Å². The molecular formula is C17H19N3O5. The van der Waals surface area contributed by atoms with Gasteiger partial charge in [-0.05, 0) is 24.6 Å². The Hall–Kier alpha value is -3.03. The lowest BCUT2D eigenvalue weighted by molar-refractivity contribution is -0.121. The average molecular weight is 345 g/mol. The summed E-state index contributed by atoms with van der Waals surface area (Å²) in [5.41, 5.74) is 0.102. The van der Waals surface area contributed by atoms with Crippen LogP contribution < -0.4 is 26.0 Å². The Morgan fingerprint density at radius 1 is 1.28 bits per heavy atom. The number of aromatic amines is 1. The lowest BCUT2D eigenvalue weighted by Gasteiger charge is -2.21. The van der Waals surface area contributed by atoms with E-state index in [4.69, 9.17) is 9.47 Å². The zero-order valence-electron chi connectivity index (χ0n) is 14.0. The maximum atomic E-state index is 12.2. The molecule has 0 radical (unpaired) electrons. The van der Waals surface area contributed by atoms with Crippen molar-refractivity contribution in [2.75, 3.05) is 13.2 Å². The molecule has 0 bridgehead atoms. The van der Waals surface area contributed by atoms with E-state index >= 15 is 0 Å². The number of amides is 1. The molecule has 0 spiro atoms. The number of benzene rings is 1. The van der Waals surface area contributed by atoms with Gasteiger partial charge >= 0.3 is 5.69 Å². The second-order valence-corrected chi connectivity index (χ2v) is 5.85. The molecule has 2 aromatic rings. The molecule has 2 N–H and O–H groups in total. The minimum atomic E-state index is -0.515. The van der Waals surface area contributed by atoms with Crippen molar-refractivity contribution in [3.05, 3.63) is 56.4 Å². The van der Waals surface area contributed by atoms with E-state index in [1.165, 1.54) is 13.2 Å².